The normalized spacial score (nSPS) is 10.8. The molecule has 0 heterocycles. The van der Waals surface area contributed by atoms with Gasteiger partial charge >= 0.3 is 10.4 Å². The van der Waals surface area contributed by atoms with Crippen LogP contribution in [0.25, 0.3) is 0 Å². The molecule has 10 nitrogen and oxygen atoms in total. The van der Waals surface area contributed by atoms with Crippen LogP contribution in [-0.2, 0) is 33.5 Å². The van der Waals surface area contributed by atoms with Gasteiger partial charge in [-0.25, -0.2) is 4.18 Å². The summed E-state index contributed by atoms with van der Waals surface area (Å²) >= 11 is 0. The molecule has 0 fully saturated rings. The van der Waals surface area contributed by atoms with Crippen LogP contribution in [0.4, 0.5) is 0 Å². The maximum Gasteiger partial charge on any atom is 0.397 e. The summed E-state index contributed by atoms with van der Waals surface area (Å²) < 4.78 is 51.3. The molecule has 0 amide bonds. The third kappa shape index (κ3) is 43.8. The molecule has 0 aliphatic rings. The van der Waals surface area contributed by atoms with Crippen molar-refractivity contribution in [2.24, 2.45) is 0 Å². The summed E-state index contributed by atoms with van der Waals surface area (Å²) in [6, 6.07) is 0. The van der Waals surface area contributed by atoms with Crippen LogP contribution in [0.1, 0.15) is 27.7 Å². The second-order valence-corrected chi connectivity index (χ2v) is 5.69. The highest BCUT2D eigenvalue weighted by Crippen LogP contribution is 1.92. The maximum atomic E-state index is 9.78. The first-order valence-electron chi connectivity index (χ1n) is 8.43. The van der Waals surface area contributed by atoms with Gasteiger partial charge in [-0.3, -0.25) is 4.55 Å². The highest BCUT2D eigenvalue weighted by molar-refractivity contribution is 7.80. The summed E-state index contributed by atoms with van der Waals surface area (Å²) in [4.78, 5) is 0. The first-order chi connectivity index (χ1) is 12.2. The lowest BCUT2D eigenvalue weighted by atomic mass is 10.5. The first-order valence-corrected chi connectivity index (χ1v) is 9.79. The Kier molecular flexibility index (Phi) is 28.8. The average molecular weight is 409 g/mol. The van der Waals surface area contributed by atoms with Gasteiger partial charge in [0.2, 0.25) is 0 Å². The third-order valence-corrected chi connectivity index (χ3v) is 2.57. The van der Waals surface area contributed by atoms with Crippen LogP contribution >= 0.6 is 0 Å². The van der Waals surface area contributed by atoms with Gasteiger partial charge in [-0.05, 0) is 27.7 Å². The summed E-state index contributed by atoms with van der Waals surface area (Å²) in [5.41, 5.74) is 0. The molecule has 0 aromatic carbocycles. The van der Waals surface area contributed by atoms with Crippen LogP contribution in [0.2, 0.25) is 0 Å². The Hall–Kier alpha value is -0.370. The summed E-state index contributed by atoms with van der Waals surface area (Å²) in [5.74, 6) is 0. The van der Waals surface area contributed by atoms with E-state index in [4.69, 9.17) is 33.7 Å². The van der Waals surface area contributed by atoms with Crippen LogP contribution in [0.3, 0.4) is 0 Å². The van der Waals surface area contributed by atoms with Gasteiger partial charge in [0.15, 0.2) is 0 Å². The summed E-state index contributed by atoms with van der Waals surface area (Å²) in [5, 5.41) is 16.7. The number of ether oxygens (including phenoxy) is 4. The molecule has 26 heavy (non-hydrogen) atoms. The molecule has 0 bridgehead atoms. The molecule has 0 aliphatic heterocycles. The predicted octanol–water partition coefficient (Wildman–Crippen LogP) is 0.278. The van der Waals surface area contributed by atoms with E-state index in [9.17, 15) is 8.42 Å². The minimum atomic E-state index is -4.22. The van der Waals surface area contributed by atoms with E-state index < -0.39 is 16.5 Å². The Labute approximate surface area is 157 Å². The van der Waals surface area contributed by atoms with Gasteiger partial charge in [-0.1, -0.05) is 0 Å². The first kappa shape index (κ1) is 30.4. The van der Waals surface area contributed by atoms with E-state index in [0.717, 1.165) is 13.2 Å². The van der Waals surface area contributed by atoms with E-state index in [1.807, 2.05) is 13.8 Å². The van der Waals surface area contributed by atoms with Gasteiger partial charge in [0.05, 0.1) is 59.0 Å². The van der Waals surface area contributed by atoms with Crippen LogP contribution in [-0.4, -0.2) is 95.4 Å². The zero-order chi connectivity index (χ0) is 20.7. The van der Waals surface area contributed by atoms with Gasteiger partial charge < -0.3 is 29.2 Å². The predicted molar refractivity (Wildman–Crippen MR) is 96.6 cm³/mol. The fourth-order valence-electron chi connectivity index (χ4n) is 1.12. The molecular formula is C15H36O10S. The Morgan fingerprint density at radius 3 is 1.23 bits per heavy atom. The maximum absolute atomic E-state index is 9.78. The van der Waals surface area contributed by atoms with Crippen molar-refractivity contribution in [1.82, 2.24) is 0 Å². The van der Waals surface area contributed by atoms with Crippen molar-refractivity contribution in [2.45, 2.75) is 33.8 Å². The Bertz CT molecular complexity index is 323. The lowest BCUT2D eigenvalue weighted by Crippen LogP contribution is -2.11. The van der Waals surface area contributed by atoms with E-state index in [2.05, 4.69) is 4.18 Å². The number of rotatable bonds is 14. The quantitative estimate of drug-likeness (QED) is 0.271. The van der Waals surface area contributed by atoms with E-state index in [-0.39, 0.29) is 13.2 Å². The van der Waals surface area contributed by atoms with Gasteiger partial charge in [-0.2, -0.15) is 8.42 Å². The van der Waals surface area contributed by atoms with E-state index >= 15 is 0 Å². The van der Waals surface area contributed by atoms with Crippen LogP contribution in [0, 0.1) is 0 Å². The van der Waals surface area contributed by atoms with Crippen molar-refractivity contribution in [2.75, 3.05) is 66.1 Å². The van der Waals surface area contributed by atoms with Crippen molar-refractivity contribution in [1.29, 1.82) is 0 Å². The monoisotopic (exact) mass is 408 g/mol. The van der Waals surface area contributed by atoms with Crippen molar-refractivity contribution in [3.05, 3.63) is 0 Å². The zero-order valence-corrected chi connectivity index (χ0v) is 17.1. The van der Waals surface area contributed by atoms with Gasteiger partial charge in [0.1, 0.15) is 0 Å². The average Bonchev–Trinajstić information content (AvgIpc) is 2.53. The van der Waals surface area contributed by atoms with Crippen LogP contribution < -0.4 is 0 Å². The number of aliphatic hydroxyl groups is 2. The summed E-state index contributed by atoms with van der Waals surface area (Å²) in [7, 11) is -4.22. The van der Waals surface area contributed by atoms with E-state index in [0.29, 0.717) is 39.6 Å². The van der Waals surface area contributed by atoms with Gasteiger partial charge in [0.25, 0.3) is 0 Å². The minimum absolute atomic E-state index is 0.0413. The topological polar surface area (TPSA) is 141 Å². The molecule has 0 saturated carbocycles. The highest BCUT2D eigenvalue weighted by Gasteiger charge is 2.05. The second-order valence-electron chi connectivity index (χ2n) is 4.64. The van der Waals surface area contributed by atoms with Crippen molar-refractivity contribution in [3.63, 3.8) is 0 Å². The van der Waals surface area contributed by atoms with Crippen molar-refractivity contribution < 1.29 is 46.3 Å². The number of hydrogen-bond donors (Lipinski definition) is 3. The molecule has 0 aliphatic carbocycles. The molecular weight excluding hydrogens is 372 g/mol. The molecule has 0 rings (SSSR count). The Balaban J connectivity index is -0.000000346. The number of hydrogen-bond acceptors (Lipinski definition) is 9. The van der Waals surface area contributed by atoms with Crippen LogP contribution in [0.15, 0.2) is 0 Å². The lowest BCUT2D eigenvalue weighted by Gasteiger charge is -2.04. The number of aliphatic hydroxyl groups excluding tert-OH is 2. The fourth-order valence-corrected chi connectivity index (χ4v) is 1.60. The Morgan fingerprint density at radius 1 is 0.731 bits per heavy atom. The molecule has 3 N–H and O–H groups in total. The Morgan fingerprint density at radius 2 is 1.08 bits per heavy atom. The molecule has 11 heteroatoms. The van der Waals surface area contributed by atoms with E-state index in [1.54, 1.807) is 0 Å². The third-order valence-electron chi connectivity index (χ3n) is 1.94. The molecule has 0 spiro atoms. The smallest absolute Gasteiger partial charge is 0.394 e. The van der Waals surface area contributed by atoms with Gasteiger partial charge in [0, 0.05) is 13.2 Å². The molecule has 0 unspecified atom stereocenters. The van der Waals surface area contributed by atoms with E-state index in [1.165, 1.54) is 13.8 Å². The summed E-state index contributed by atoms with van der Waals surface area (Å²) in [6.07, 6.45) is -0.495. The molecule has 0 saturated heterocycles. The SMILES string of the molecule is CC(C)OS(=O)(=O)O.CCOCC.OCCOCCOCCOCCO. The standard InChI is InChI=1S/C8H18O5.C4H10O.C3H8O4S/c9-1-3-11-5-7-13-8-6-12-4-2-10;1-3-5-4-2;1-3(2)7-8(4,5)6/h9-10H,1-8H2;3-4H2,1-2H3;3H,1-2H3,(H,4,5,6). The van der Waals surface area contributed by atoms with Crippen molar-refractivity contribution >= 4 is 10.4 Å². The molecule has 0 radical (unpaired) electrons. The zero-order valence-electron chi connectivity index (χ0n) is 16.3. The second kappa shape index (κ2) is 24.6. The highest BCUT2D eigenvalue weighted by atomic mass is 32.3. The van der Waals surface area contributed by atoms with Crippen LogP contribution in [0.5, 0.6) is 0 Å². The van der Waals surface area contributed by atoms with Crippen molar-refractivity contribution in [3.8, 4) is 0 Å². The molecule has 0 atom stereocenters. The lowest BCUT2D eigenvalue weighted by molar-refractivity contribution is 0.00230. The van der Waals surface area contributed by atoms with Gasteiger partial charge in [-0.15, -0.1) is 0 Å². The molecule has 162 valence electrons. The largest absolute Gasteiger partial charge is 0.397 e. The molecule has 0 aromatic heterocycles. The minimum Gasteiger partial charge on any atom is -0.394 e. The fraction of sp³-hybridized carbons (Fsp3) is 1.00. The molecule has 0 aromatic rings. The summed E-state index contributed by atoms with van der Waals surface area (Å²) in [6.45, 7) is 11.4.